The molecular formula is C18H18N2O2. The van der Waals surface area contributed by atoms with Gasteiger partial charge in [0.1, 0.15) is 0 Å². The van der Waals surface area contributed by atoms with Crippen LogP contribution in [0.15, 0.2) is 54.6 Å². The Morgan fingerprint density at radius 1 is 1.05 bits per heavy atom. The molecule has 2 rings (SSSR count). The van der Waals surface area contributed by atoms with Crippen LogP contribution in [0, 0.1) is 6.92 Å². The second kappa shape index (κ2) is 7.22. The first-order chi connectivity index (χ1) is 10.6. The van der Waals surface area contributed by atoms with Crippen LogP contribution < -0.4 is 10.6 Å². The predicted octanol–water partition coefficient (Wildman–Crippen LogP) is 3.01. The third kappa shape index (κ3) is 4.31. The van der Waals surface area contributed by atoms with Crippen molar-refractivity contribution in [3.63, 3.8) is 0 Å². The molecule has 0 heterocycles. The fraction of sp³-hybridized carbons (Fsp3) is 0.111. The van der Waals surface area contributed by atoms with Gasteiger partial charge in [0, 0.05) is 24.4 Å². The largest absolute Gasteiger partial charge is 0.355 e. The third-order valence-corrected chi connectivity index (χ3v) is 3.09. The predicted molar refractivity (Wildman–Crippen MR) is 88.7 cm³/mol. The van der Waals surface area contributed by atoms with Crippen LogP contribution in [0.3, 0.4) is 0 Å². The van der Waals surface area contributed by atoms with E-state index in [-0.39, 0.29) is 11.8 Å². The maximum absolute atomic E-state index is 11.9. The normalized spacial score (nSPS) is 10.5. The quantitative estimate of drug-likeness (QED) is 0.852. The van der Waals surface area contributed by atoms with Crippen LogP contribution in [0.4, 0.5) is 5.69 Å². The lowest BCUT2D eigenvalue weighted by Crippen LogP contribution is -2.18. The molecule has 0 saturated carbocycles. The summed E-state index contributed by atoms with van der Waals surface area (Å²) in [5.41, 5.74) is 3.19. The summed E-state index contributed by atoms with van der Waals surface area (Å²) < 4.78 is 0. The topological polar surface area (TPSA) is 58.2 Å². The second-order valence-corrected chi connectivity index (χ2v) is 4.90. The fourth-order valence-corrected chi connectivity index (χ4v) is 2.01. The number of carbonyl (C=O) groups is 2. The van der Waals surface area contributed by atoms with Crippen LogP contribution in [-0.4, -0.2) is 18.9 Å². The van der Waals surface area contributed by atoms with Gasteiger partial charge in [0.15, 0.2) is 0 Å². The number of rotatable bonds is 4. The summed E-state index contributed by atoms with van der Waals surface area (Å²) in [7, 11) is 1.57. The Morgan fingerprint density at radius 2 is 1.82 bits per heavy atom. The van der Waals surface area contributed by atoms with Gasteiger partial charge in [-0.3, -0.25) is 9.59 Å². The molecular weight excluding hydrogens is 276 g/mol. The van der Waals surface area contributed by atoms with E-state index in [1.54, 1.807) is 37.4 Å². The smallest absolute Gasteiger partial charge is 0.251 e. The highest BCUT2D eigenvalue weighted by Gasteiger charge is 2.04. The van der Waals surface area contributed by atoms with Crippen molar-refractivity contribution in [1.82, 2.24) is 5.32 Å². The average molecular weight is 294 g/mol. The summed E-state index contributed by atoms with van der Waals surface area (Å²) in [4.78, 5) is 23.5. The summed E-state index contributed by atoms with van der Waals surface area (Å²) >= 11 is 0. The third-order valence-electron chi connectivity index (χ3n) is 3.09. The van der Waals surface area contributed by atoms with E-state index in [1.165, 1.54) is 6.08 Å². The first-order valence-corrected chi connectivity index (χ1v) is 6.96. The Balaban J connectivity index is 2.04. The number of nitrogens with one attached hydrogen (secondary N) is 2. The van der Waals surface area contributed by atoms with Gasteiger partial charge in [-0.1, -0.05) is 35.9 Å². The molecule has 0 bridgehead atoms. The maximum atomic E-state index is 11.9. The molecule has 2 aromatic carbocycles. The summed E-state index contributed by atoms with van der Waals surface area (Å²) in [6.45, 7) is 2.00. The molecule has 0 saturated heterocycles. The standard InChI is InChI=1S/C18H18N2O2/c1-13-5-3-6-14(11-13)9-10-17(21)20-16-8-4-7-15(12-16)18(22)19-2/h3-12H,1-2H3,(H,19,22)(H,20,21)/b10-9+. The molecule has 0 spiro atoms. The number of benzene rings is 2. The Morgan fingerprint density at radius 3 is 2.55 bits per heavy atom. The zero-order valence-corrected chi connectivity index (χ0v) is 12.6. The lowest BCUT2D eigenvalue weighted by Gasteiger charge is -2.05. The van der Waals surface area contributed by atoms with Gasteiger partial charge >= 0.3 is 0 Å². The Kier molecular flexibility index (Phi) is 5.09. The molecule has 0 radical (unpaired) electrons. The first kappa shape index (κ1) is 15.5. The lowest BCUT2D eigenvalue weighted by molar-refractivity contribution is -0.111. The molecule has 22 heavy (non-hydrogen) atoms. The number of hydrogen-bond donors (Lipinski definition) is 2. The van der Waals surface area contributed by atoms with Crippen LogP contribution in [0.1, 0.15) is 21.5 Å². The van der Waals surface area contributed by atoms with E-state index in [1.807, 2.05) is 31.2 Å². The van der Waals surface area contributed by atoms with E-state index in [9.17, 15) is 9.59 Å². The molecule has 2 N–H and O–H groups in total. The van der Waals surface area contributed by atoms with Gasteiger partial charge in [0.05, 0.1) is 0 Å². The minimum atomic E-state index is -0.240. The molecule has 0 fully saturated rings. The van der Waals surface area contributed by atoms with Gasteiger partial charge < -0.3 is 10.6 Å². The highest BCUT2D eigenvalue weighted by atomic mass is 16.2. The Bertz CT molecular complexity index is 721. The lowest BCUT2D eigenvalue weighted by atomic mass is 10.1. The average Bonchev–Trinajstić information content (AvgIpc) is 2.52. The van der Waals surface area contributed by atoms with Gasteiger partial charge in [-0.15, -0.1) is 0 Å². The molecule has 2 amide bonds. The number of carbonyl (C=O) groups excluding carboxylic acids is 2. The molecule has 0 aliphatic heterocycles. The molecule has 4 nitrogen and oxygen atoms in total. The first-order valence-electron chi connectivity index (χ1n) is 6.96. The zero-order chi connectivity index (χ0) is 15.9. The number of hydrogen-bond acceptors (Lipinski definition) is 2. The van der Waals surface area contributed by atoms with Crippen molar-refractivity contribution in [1.29, 1.82) is 0 Å². The Labute approximate surface area is 129 Å². The molecule has 4 heteroatoms. The molecule has 0 aromatic heterocycles. The number of anilines is 1. The van der Waals surface area contributed by atoms with E-state index in [4.69, 9.17) is 0 Å². The summed E-state index contributed by atoms with van der Waals surface area (Å²) in [6.07, 6.45) is 3.23. The van der Waals surface area contributed by atoms with Crippen molar-refractivity contribution >= 4 is 23.6 Å². The van der Waals surface area contributed by atoms with Crippen molar-refractivity contribution in [2.75, 3.05) is 12.4 Å². The van der Waals surface area contributed by atoms with E-state index < -0.39 is 0 Å². The van der Waals surface area contributed by atoms with Crippen LogP contribution >= 0.6 is 0 Å². The summed E-state index contributed by atoms with van der Waals surface area (Å²) in [5, 5.41) is 5.29. The van der Waals surface area contributed by atoms with Crippen molar-refractivity contribution in [3.8, 4) is 0 Å². The van der Waals surface area contributed by atoms with Crippen LogP contribution in [0.5, 0.6) is 0 Å². The van der Waals surface area contributed by atoms with Crippen molar-refractivity contribution in [2.45, 2.75) is 6.92 Å². The van der Waals surface area contributed by atoms with Crippen molar-refractivity contribution in [3.05, 3.63) is 71.3 Å². The van der Waals surface area contributed by atoms with E-state index in [2.05, 4.69) is 10.6 Å². The van der Waals surface area contributed by atoms with Gasteiger partial charge in [-0.25, -0.2) is 0 Å². The van der Waals surface area contributed by atoms with Crippen molar-refractivity contribution < 1.29 is 9.59 Å². The molecule has 2 aromatic rings. The zero-order valence-electron chi connectivity index (χ0n) is 12.6. The summed E-state index contributed by atoms with van der Waals surface area (Å²) in [5.74, 6) is -0.429. The fourth-order valence-electron chi connectivity index (χ4n) is 2.01. The summed E-state index contributed by atoms with van der Waals surface area (Å²) in [6, 6.07) is 14.7. The minimum absolute atomic E-state index is 0.189. The Hall–Kier alpha value is -2.88. The number of amides is 2. The highest BCUT2D eigenvalue weighted by Crippen LogP contribution is 2.11. The van der Waals surface area contributed by atoms with Gasteiger partial charge in [-0.2, -0.15) is 0 Å². The maximum Gasteiger partial charge on any atom is 0.251 e. The molecule has 0 atom stereocenters. The van der Waals surface area contributed by atoms with Crippen LogP contribution in [0.2, 0.25) is 0 Å². The SMILES string of the molecule is CNC(=O)c1cccc(NC(=O)/C=C/c2cccc(C)c2)c1. The van der Waals surface area contributed by atoms with Gasteiger partial charge in [-0.05, 0) is 36.8 Å². The molecule has 0 unspecified atom stereocenters. The van der Waals surface area contributed by atoms with Crippen LogP contribution in [-0.2, 0) is 4.79 Å². The molecule has 0 aliphatic carbocycles. The van der Waals surface area contributed by atoms with Gasteiger partial charge in [0.25, 0.3) is 5.91 Å². The van der Waals surface area contributed by atoms with E-state index in [0.29, 0.717) is 11.3 Å². The van der Waals surface area contributed by atoms with E-state index >= 15 is 0 Å². The van der Waals surface area contributed by atoms with E-state index in [0.717, 1.165) is 11.1 Å². The van der Waals surface area contributed by atoms with Crippen LogP contribution in [0.25, 0.3) is 6.08 Å². The van der Waals surface area contributed by atoms with Gasteiger partial charge in [0.2, 0.25) is 5.91 Å². The minimum Gasteiger partial charge on any atom is -0.355 e. The molecule has 0 aliphatic rings. The van der Waals surface area contributed by atoms with Crippen molar-refractivity contribution in [2.24, 2.45) is 0 Å². The second-order valence-electron chi connectivity index (χ2n) is 4.90. The highest BCUT2D eigenvalue weighted by molar-refractivity contribution is 6.03. The monoisotopic (exact) mass is 294 g/mol. The molecule has 112 valence electrons. The number of aryl methyl sites for hydroxylation is 1.